The minimum absolute atomic E-state index is 0.956. The Bertz CT molecular complexity index is 204. The van der Waals surface area contributed by atoms with Crippen LogP contribution < -0.4 is 0 Å². The van der Waals surface area contributed by atoms with Crippen molar-refractivity contribution in [1.29, 1.82) is 0 Å². The van der Waals surface area contributed by atoms with E-state index in [4.69, 9.17) is 0 Å². The number of halogens is 1. The Morgan fingerprint density at radius 2 is 1.75 bits per heavy atom. The molecule has 0 saturated carbocycles. The maximum absolute atomic E-state index is 2.69. The summed E-state index contributed by atoms with van der Waals surface area (Å²) in [6, 6.07) is 0. The molecule has 2 saturated heterocycles. The van der Waals surface area contributed by atoms with Gasteiger partial charge in [0.1, 0.15) is 0 Å². The van der Waals surface area contributed by atoms with Crippen LogP contribution in [0.3, 0.4) is 0 Å². The van der Waals surface area contributed by atoms with Crippen LogP contribution >= 0.6 is 22.9 Å². The Balaban J connectivity index is 1.72. The van der Waals surface area contributed by atoms with Crippen molar-refractivity contribution in [3.63, 3.8) is 0 Å². The van der Waals surface area contributed by atoms with Crippen LogP contribution in [0.5, 0.6) is 0 Å². The molecule has 0 aliphatic carbocycles. The van der Waals surface area contributed by atoms with Crippen LogP contribution in [0.25, 0.3) is 0 Å². The van der Waals surface area contributed by atoms with Crippen molar-refractivity contribution in [2.75, 3.05) is 52.9 Å². The number of rotatable bonds is 2. The van der Waals surface area contributed by atoms with Crippen LogP contribution in [0, 0.1) is 5.92 Å². The van der Waals surface area contributed by atoms with E-state index in [0.717, 1.165) is 5.92 Å². The van der Waals surface area contributed by atoms with Gasteiger partial charge in [0.15, 0.2) is 0 Å². The summed E-state index contributed by atoms with van der Waals surface area (Å²) >= 11 is 2.47. The summed E-state index contributed by atoms with van der Waals surface area (Å²) in [5.41, 5.74) is 0. The molecule has 0 N–H and O–H groups in total. The van der Waals surface area contributed by atoms with Gasteiger partial charge in [0.2, 0.25) is 0 Å². The topological polar surface area (TPSA) is 9.72 Å². The zero-order chi connectivity index (χ0) is 11.4. The zero-order valence-corrected chi connectivity index (χ0v) is 12.5. The van der Waals surface area contributed by atoms with Crippen molar-refractivity contribution < 1.29 is 0 Å². The van der Waals surface area contributed by atoms with Gasteiger partial charge in [-0.3, -0.25) is 0 Å². The number of nitrogens with zero attached hydrogens (tertiary/aromatic N) is 3. The summed E-state index contributed by atoms with van der Waals surface area (Å²) in [5, 5.41) is 0. The van der Waals surface area contributed by atoms with Gasteiger partial charge in [-0.05, 0) is 51.9 Å². The first-order valence-electron chi connectivity index (χ1n) is 6.55. The molecule has 0 bridgehead atoms. The smallest absolute Gasteiger partial charge is 0.0209 e. The lowest BCUT2D eigenvalue weighted by Crippen LogP contribution is -2.38. The molecule has 0 aromatic rings. The fourth-order valence-electron chi connectivity index (χ4n) is 2.73. The molecule has 2 rings (SSSR count). The summed E-state index contributed by atoms with van der Waals surface area (Å²) in [6.45, 7) is 9.05. The molecule has 2 aliphatic rings. The maximum Gasteiger partial charge on any atom is 0.0209 e. The van der Waals surface area contributed by atoms with Gasteiger partial charge in [0.05, 0.1) is 0 Å². The second-order valence-electron chi connectivity index (χ2n) is 5.31. The maximum atomic E-state index is 2.69. The van der Waals surface area contributed by atoms with E-state index < -0.39 is 0 Å². The van der Waals surface area contributed by atoms with Crippen molar-refractivity contribution in [2.24, 2.45) is 5.92 Å². The van der Waals surface area contributed by atoms with Gasteiger partial charge in [-0.25, -0.2) is 3.11 Å². The van der Waals surface area contributed by atoms with Gasteiger partial charge in [-0.1, -0.05) is 0 Å². The molecule has 0 atom stereocenters. The van der Waals surface area contributed by atoms with Crippen LogP contribution in [0.2, 0.25) is 0 Å². The predicted molar refractivity (Wildman–Crippen MR) is 76.9 cm³/mol. The lowest BCUT2D eigenvalue weighted by molar-refractivity contribution is 0.164. The molecule has 3 nitrogen and oxygen atoms in total. The highest BCUT2D eigenvalue weighted by Crippen LogP contribution is 2.18. The van der Waals surface area contributed by atoms with E-state index in [1.165, 1.54) is 65.1 Å². The molecule has 16 heavy (non-hydrogen) atoms. The first-order valence-corrected chi connectivity index (χ1v) is 7.52. The minimum Gasteiger partial charge on any atom is -0.306 e. The molecule has 0 radical (unpaired) electrons. The van der Waals surface area contributed by atoms with Gasteiger partial charge in [0.25, 0.3) is 0 Å². The monoisotopic (exact) mass is 337 g/mol. The molecule has 4 heteroatoms. The van der Waals surface area contributed by atoms with E-state index in [1.807, 2.05) is 0 Å². The third-order valence-corrected chi connectivity index (χ3v) is 4.85. The lowest BCUT2D eigenvalue weighted by atomic mass is 9.96. The normalized spacial score (nSPS) is 28.1. The molecule has 2 aliphatic heterocycles. The van der Waals surface area contributed by atoms with E-state index in [9.17, 15) is 0 Å². The third-order valence-electron chi connectivity index (χ3n) is 3.89. The average molecular weight is 337 g/mol. The van der Waals surface area contributed by atoms with E-state index in [0.29, 0.717) is 0 Å². The highest BCUT2D eigenvalue weighted by molar-refractivity contribution is 14.1. The molecule has 0 spiro atoms. The molecule has 2 fully saturated rings. The van der Waals surface area contributed by atoms with Crippen LogP contribution in [0.15, 0.2) is 0 Å². The molecule has 94 valence electrons. The summed E-state index contributed by atoms with van der Waals surface area (Å²) < 4.78 is 2.44. The highest BCUT2D eigenvalue weighted by atomic mass is 127. The number of hydrogen-bond donors (Lipinski definition) is 0. The van der Waals surface area contributed by atoms with Gasteiger partial charge in [-0.15, -0.1) is 0 Å². The summed E-state index contributed by atoms with van der Waals surface area (Å²) in [7, 11) is 2.25. The lowest BCUT2D eigenvalue weighted by Gasteiger charge is -2.32. The van der Waals surface area contributed by atoms with Crippen molar-refractivity contribution in [1.82, 2.24) is 12.9 Å². The molecular weight excluding hydrogens is 313 g/mol. The SMILES string of the molecule is CN1CCC(CN2CCCN(I)CC2)CC1. The molecule has 0 aromatic carbocycles. The van der Waals surface area contributed by atoms with E-state index >= 15 is 0 Å². The molecule has 0 aromatic heterocycles. The third kappa shape index (κ3) is 4.13. The summed E-state index contributed by atoms with van der Waals surface area (Å²) in [5.74, 6) is 0.956. The van der Waals surface area contributed by atoms with Gasteiger partial charge >= 0.3 is 0 Å². The Morgan fingerprint density at radius 3 is 2.50 bits per heavy atom. The first-order chi connectivity index (χ1) is 7.74. The summed E-state index contributed by atoms with van der Waals surface area (Å²) in [4.78, 5) is 5.15. The fourth-order valence-corrected chi connectivity index (χ4v) is 3.29. The van der Waals surface area contributed by atoms with Crippen LogP contribution in [-0.4, -0.2) is 65.8 Å². The van der Waals surface area contributed by atoms with Crippen LogP contribution in [0.4, 0.5) is 0 Å². The quantitative estimate of drug-likeness (QED) is 0.561. The predicted octanol–water partition coefficient (Wildman–Crippen LogP) is 1.69. The zero-order valence-electron chi connectivity index (χ0n) is 10.4. The van der Waals surface area contributed by atoms with Crippen LogP contribution in [0.1, 0.15) is 19.3 Å². The minimum atomic E-state index is 0.956. The Hall–Kier alpha value is 0.610. The van der Waals surface area contributed by atoms with Gasteiger partial charge in [-0.2, -0.15) is 0 Å². The van der Waals surface area contributed by atoms with Crippen molar-refractivity contribution in [2.45, 2.75) is 19.3 Å². The Kier molecular flexibility index (Phi) is 5.32. The molecule has 0 amide bonds. The molecular formula is C12H24IN3. The second-order valence-corrected chi connectivity index (χ2v) is 6.68. The van der Waals surface area contributed by atoms with E-state index in [1.54, 1.807) is 0 Å². The van der Waals surface area contributed by atoms with Crippen molar-refractivity contribution >= 4 is 22.9 Å². The molecule has 0 unspecified atom stereocenters. The van der Waals surface area contributed by atoms with Gasteiger partial charge in [0, 0.05) is 49.0 Å². The standard InChI is InChI=1S/C12H24IN3/c1-14-7-3-12(4-8-14)11-15-5-2-6-16(13)10-9-15/h12H,2-11H2,1H3. The number of hydrogen-bond acceptors (Lipinski definition) is 3. The number of likely N-dealkylation sites (tertiary alicyclic amines) is 1. The Morgan fingerprint density at radius 1 is 1.00 bits per heavy atom. The largest absolute Gasteiger partial charge is 0.306 e. The Labute approximate surface area is 114 Å². The van der Waals surface area contributed by atoms with E-state index in [-0.39, 0.29) is 0 Å². The van der Waals surface area contributed by atoms with Crippen molar-refractivity contribution in [3.05, 3.63) is 0 Å². The fraction of sp³-hybridized carbons (Fsp3) is 1.00. The number of piperidine rings is 1. The molecule has 2 heterocycles. The van der Waals surface area contributed by atoms with Crippen LogP contribution in [-0.2, 0) is 0 Å². The van der Waals surface area contributed by atoms with Crippen molar-refractivity contribution in [3.8, 4) is 0 Å². The second kappa shape index (κ2) is 6.52. The average Bonchev–Trinajstić information content (AvgIpc) is 2.47. The van der Waals surface area contributed by atoms with Gasteiger partial charge < -0.3 is 9.80 Å². The highest BCUT2D eigenvalue weighted by Gasteiger charge is 2.20. The first kappa shape index (κ1) is 13.1. The summed E-state index contributed by atoms with van der Waals surface area (Å²) in [6.07, 6.45) is 4.15. The van der Waals surface area contributed by atoms with E-state index in [2.05, 4.69) is 42.8 Å².